The third kappa shape index (κ3) is 4.20. The van der Waals surface area contributed by atoms with Gasteiger partial charge < -0.3 is 15.3 Å². The summed E-state index contributed by atoms with van der Waals surface area (Å²) in [5.74, 6) is -0.260. The van der Waals surface area contributed by atoms with E-state index in [0.29, 0.717) is 0 Å². The third-order valence-corrected chi connectivity index (χ3v) is 3.84. The van der Waals surface area contributed by atoms with Crippen molar-refractivity contribution in [3.8, 4) is 0 Å². The molecule has 1 aliphatic carbocycles. The van der Waals surface area contributed by atoms with Gasteiger partial charge >= 0.3 is 12.0 Å². The van der Waals surface area contributed by atoms with Gasteiger partial charge in [-0.3, -0.25) is 0 Å². The molecule has 2 N–H and O–H groups in total. The zero-order valence-corrected chi connectivity index (χ0v) is 11.5. The quantitative estimate of drug-likeness (QED) is 0.759. The number of likely N-dealkylation sites (N-methyl/N-ethyl adjacent to an activating group) is 1. The first kappa shape index (κ1) is 14.8. The number of carbonyl (C=O) groups is 2. The Hall–Kier alpha value is -1.26. The summed E-state index contributed by atoms with van der Waals surface area (Å²) in [6, 6.07) is -0.898. The van der Waals surface area contributed by atoms with Gasteiger partial charge in [-0.15, -0.1) is 0 Å². The Morgan fingerprint density at radius 3 is 2.56 bits per heavy atom. The van der Waals surface area contributed by atoms with Gasteiger partial charge in [-0.1, -0.05) is 19.8 Å². The lowest BCUT2D eigenvalue weighted by Gasteiger charge is -2.25. The molecule has 3 atom stereocenters. The van der Waals surface area contributed by atoms with Crippen LogP contribution in [0.1, 0.15) is 46.0 Å². The van der Waals surface area contributed by atoms with Crippen LogP contribution in [0.3, 0.4) is 0 Å². The number of amides is 2. The Balaban J connectivity index is 2.46. The van der Waals surface area contributed by atoms with Crippen molar-refractivity contribution in [3.63, 3.8) is 0 Å². The average molecular weight is 256 g/mol. The fourth-order valence-electron chi connectivity index (χ4n) is 2.25. The number of rotatable bonds is 3. The highest BCUT2D eigenvalue weighted by Gasteiger charge is 2.24. The van der Waals surface area contributed by atoms with Crippen LogP contribution in [0.4, 0.5) is 4.79 Å². The number of hydrogen-bond acceptors (Lipinski definition) is 2. The van der Waals surface area contributed by atoms with E-state index in [1.54, 1.807) is 0 Å². The van der Waals surface area contributed by atoms with Gasteiger partial charge in [0.15, 0.2) is 0 Å². The van der Waals surface area contributed by atoms with E-state index in [4.69, 9.17) is 5.11 Å². The molecule has 0 saturated heterocycles. The van der Waals surface area contributed by atoms with Crippen LogP contribution < -0.4 is 5.32 Å². The van der Waals surface area contributed by atoms with Crippen molar-refractivity contribution in [3.05, 3.63) is 0 Å². The maximum absolute atomic E-state index is 11.9. The zero-order chi connectivity index (χ0) is 13.7. The lowest BCUT2D eigenvalue weighted by Crippen LogP contribution is -2.48. The fourth-order valence-corrected chi connectivity index (χ4v) is 2.25. The minimum absolute atomic E-state index is 0.186. The van der Waals surface area contributed by atoms with Gasteiger partial charge in [0.1, 0.15) is 6.04 Å². The Bertz CT molecular complexity index is 307. The average Bonchev–Trinajstić information content (AvgIpc) is 2.52. The van der Waals surface area contributed by atoms with E-state index in [1.807, 2.05) is 0 Å². The second-order valence-corrected chi connectivity index (χ2v) is 5.38. The monoisotopic (exact) mass is 256 g/mol. The molecular weight excluding hydrogens is 232 g/mol. The topological polar surface area (TPSA) is 69.6 Å². The fraction of sp³-hybridized carbons (Fsp3) is 0.846. The molecule has 0 aromatic rings. The SMILES string of the molecule is CC1CCCC(NC(=O)N(C)C(C)C(=O)O)CC1. The minimum Gasteiger partial charge on any atom is -0.480 e. The van der Waals surface area contributed by atoms with E-state index in [2.05, 4.69) is 12.2 Å². The summed E-state index contributed by atoms with van der Waals surface area (Å²) in [6.45, 7) is 3.75. The first-order valence-electron chi connectivity index (χ1n) is 6.68. The van der Waals surface area contributed by atoms with Crippen LogP contribution in [-0.4, -0.2) is 41.1 Å². The smallest absolute Gasteiger partial charge is 0.326 e. The van der Waals surface area contributed by atoms with Crippen LogP contribution in [0.15, 0.2) is 0 Å². The van der Waals surface area contributed by atoms with E-state index >= 15 is 0 Å². The summed E-state index contributed by atoms with van der Waals surface area (Å²) < 4.78 is 0. The molecule has 2 amide bonds. The van der Waals surface area contributed by atoms with Gasteiger partial charge in [0.05, 0.1) is 0 Å². The lowest BCUT2D eigenvalue weighted by molar-refractivity contribution is -0.141. The molecule has 0 aromatic carbocycles. The van der Waals surface area contributed by atoms with Crippen molar-refractivity contribution in [2.75, 3.05) is 7.05 Å². The molecule has 104 valence electrons. The highest BCUT2D eigenvalue weighted by molar-refractivity contribution is 5.82. The molecule has 0 bridgehead atoms. The summed E-state index contributed by atoms with van der Waals surface area (Å²) in [5.41, 5.74) is 0. The number of hydrogen-bond donors (Lipinski definition) is 2. The first-order valence-corrected chi connectivity index (χ1v) is 6.68. The van der Waals surface area contributed by atoms with E-state index in [1.165, 1.54) is 25.3 Å². The highest BCUT2D eigenvalue weighted by atomic mass is 16.4. The number of urea groups is 1. The highest BCUT2D eigenvalue weighted by Crippen LogP contribution is 2.22. The summed E-state index contributed by atoms with van der Waals surface area (Å²) in [7, 11) is 1.52. The summed E-state index contributed by atoms with van der Waals surface area (Å²) in [4.78, 5) is 24.0. The Morgan fingerprint density at radius 2 is 1.94 bits per heavy atom. The van der Waals surface area contributed by atoms with Crippen molar-refractivity contribution in [2.24, 2.45) is 5.92 Å². The standard InChI is InChI=1S/C13H24N2O3/c1-9-5-4-6-11(8-7-9)14-13(18)15(3)10(2)12(16)17/h9-11H,4-8H2,1-3H3,(H,14,18)(H,16,17). The molecule has 5 heteroatoms. The second-order valence-electron chi connectivity index (χ2n) is 5.38. The molecule has 1 aliphatic rings. The molecular formula is C13H24N2O3. The van der Waals surface area contributed by atoms with Crippen molar-refractivity contribution >= 4 is 12.0 Å². The van der Waals surface area contributed by atoms with E-state index in [-0.39, 0.29) is 12.1 Å². The van der Waals surface area contributed by atoms with Gasteiger partial charge in [0, 0.05) is 13.1 Å². The van der Waals surface area contributed by atoms with Gasteiger partial charge in [0.2, 0.25) is 0 Å². The van der Waals surface area contributed by atoms with Crippen LogP contribution in [0.5, 0.6) is 0 Å². The van der Waals surface area contributed by atoms with Crippen LogP contribution in [-0.2, 0) is 4.79 Å². The van der Waals surface area contributed by atoms with Gasteiger partial charge in [-0.05, 0) is 32.1 Å². The van der Waals surface area contributed by atoms with Crippen LogP contribution >= 0.6 is 0 Å². The minimum atomic E-state index is -0.984. The molecule has 1 saturated carbocycles. The number of nitrogens with zero attached hydrogens (tertiary/aromatic N) is 1. The van der Waals surface area contributed by atoms with E-state index < -0.39 is 12.0 Å². The number of carbonyl (C=O) groups excluding carboxylic acids is 1. The second kappa shape index (κ2) is 6.61. The zero-order valence-electron chi connectivity index (χ0n) is 11.5. The molecule has 0 aromatic heterocycles. The maximum atomic E-state index is 11.9. The molecule has 5 nitrogen and oxygen atoms in total. The van der Waals surface area contributed by atoms with Crippen LogP contribution in [0.25, 0.3) is 0 Å². The normalized spacial score (nSPS) is 25.9. The molecule has 0 heterocycles. The number of carboxylic acid groups (broad SMARTS) is 1. The molecule has 0 spiro atoms. The van der Waals surface area contributed by atoms with Crippen molar-refractivity contribution in [1.82, 2.24) is 10.2 Å². The Labute approximate surface area is 109 Å². The summed E-state index contributed by atoms with van der Waals surface area (Å²) >= 11 is 0. The van der Waals surface area contributed by atoms with Crippen LogP contribution in [0, 0.1) is 5.92 Å². The molecule has 18 heavy (non-hydrogen) atoms. The lowest BCUT2D eigenvalue weighted by atomic mass is 10.0. The molecule has 1 fully saturated rings. The molecule has 0 radical (unpaired) electrons. The Kier molecular flexibility index (Phi) is 5.44. The summed E-state index contributed by atoms with van der Waals surface area (Å²) in [6.07, 6.45) is 5.45. The first-order chi connectivity index (χ1) is 8.41. The summed E-state index contributed by atoms with van der Waals surface area (Å²) in [5, 5.41) is 11.8. The molecule has 0 aliphatic heterocycles. The Morgan fingerprint density at radius 1 is 1.28 bits per heavy atom. The predicted molar refractivity (Wildman–Crippen MR) is 69.4 cm³/mol. The van der Waals surface area contributed by atoms with Gasteiger partial charge in [-0.25, -0.2) is 9.59 Å². The predicted octanol–water partition coefficient (Wildman–Crippen LogP) is 2.07. The van der Waals surface area contributed by atoms with E-state index in [9.17, 15) is 9.59 Å². The van der Waals surface area contributed by atoms with Crippen molar-refractivity contribution < 1.29 is 14.7 Å². The van der Waals surface area contributed by atoms with Crippen molar-refractivity contribution in [1.29, 1.82) is 0 Å². The number of carboxylic acids is 1. The van der Waals surface area contributed by atoms with Crippen molar-refractivity contribution in [2.45, 2.75) is 58.0 Å². The van der Waals surface area contributed by atoms with Gasteiger partial charge in [-0.2, -0.15) is 0 Å². The largest absolute Gasteiger partial charge is 0.480 e. The maximum Gasteiger partial charge on any atom is 0.326 e. The molecule has 3 unspecified atom stereocenters. The third-order valence-electron chi connectivity index (χ3n) is 3.84. The number of aliphatic carboxylic acids is 1. The van der Waals surface area contributed by atoms with E-state index in [0.717, 1.165) is 31.6 Å². The van der Waals surface area contributed by atoms with Crippen LogP contribution in [0.2, 0.25) is 0 Å². The molecule has 1 rings (SSSR count). The van der Waals surface area contributed by atoms with Gasteiger partial charge in [0.25, 0.3) is 0 Å². The number of nitrogens with one attached hydrogen (secondary N) is 1.